The van der Waals surface area contributed by atoms with Gasteiger partial charge in [-0.25, -0.2) is 0 Å². The zero-order valence-electron chi connectivity index (χ0n) is 10.8. The Bertz CT molecular complexity index is 181. The van der Waals surface area contributed by atoms with Crippen LogP contribution in [0.15, 0.2) is 0 Å². The van der Waals surface area contributed by atoms with Gasteiger partial charge in [-0.2, -0.15) is 0 Å². The second kappa shape index (κ2) is 3.52. The lowest BCUT2D eigenvalue weighted by molar-refractivity contribution is 0.0403. The normalized spacial score (nSPS) is 28.7. The molecule has 1 rings (SSSR count). The van der Waals surface area contributed by atoms with Crippen LogP contribution in [-0.4, -0.2) is 11.1 Å². The van der Waals surface area contributed by atoms with Crippen LogP contribution in [0, 0.1) is 5.41 Å². The standard InChI is InChI=1S/C13H27N/c1-7-13(8-2)9-11(3,4)14-12(5,6)10-13/h14H,7-10H2,1-6H3. The molecule has 1 heteroatoms. The quantitative estimate of drug-likeness (QED) is 0.711. The number of hydrogen-bond donors (Lipinski definition) is 1. The van der Waals surface area contributed by atoms with E-state index in [1.165, 1.54) is 25.7 Å². The predicted octanol–water partition coefficient (Wildman–Crippen LogP) is 3.73. The molecule has 0 spiro atoms. The molecule has 1 aliphatic rings. The Kier molecular flexibility index (Phi) is 3.02. The first kappa shape index (κ1) is 12.0. The van der Waals surface area contributed by atoms with Crippen molar-refractivity contribution in [2.45, 2.75) is 78.3 Å². The van der Waals surface area contributed by atoms with E-state index in [4.69, 9.17) is 0 Å². The lowest BCUT2D eigenvalue weighted by atomic mass is 9.63. The molecule has 0 aliphatic carbocycles. The van der Waals surface area contributed by atoms with Gasteiger partial charge in [0.1, 0.15) is 0 Å². The summed E-state index contributed by atoms with van der Waals surface area (Å²) >= 11 is 0. The van der Waals surface area contributed by atoms with E-state index >= 15 is 0 Å². The van der Waals surface area contributed by atoms with Crippen LogP contribution in [0.1, 0.15) is 67.2 Å². The average molecular weight is 197 g/mol. The van der Waals surface area contributed by atoms with E-state index in [9.17, 15) is 0 Å². The predicted molar refractivity (Wildman–Crippen MR) is 63.5 cm³/mol. The monoisotopic (exact) mass is 197 g/mol. The van der Waals surface area contributed by atoms with Crippen LogP contribution >= 0.6 is 0 Å². The third-order valence-electron chi connectivity index (χ3n) is 3.81. The molecular weight excluding hydrogens is 170 g/mol. The smallest absolute Gasteiger partial charge is 0.0135 e. The highest BCUT2D eigenvalue weighted by Crippen LogP contribution is 2.46. The molecule has 0 aromatic heterocycles. The molecule has 1 saturated heterocycles. The third-order valence-corrected chi connectivity index (χ3v) is 3.81. The molecule has 0 radical (unpaired) electrons. The Morgan fingerprint density at radius 3 is 1.50 bits per heavy atom. The molecule has 1 N–H and O–H groups in total. The van der Waals surface area contributed by atoms with E-state index in [0.29, 0.717) is 16.5 Å². The van der Waals surface area contributed by atoms with Gasteiger partial charge in [0.25, 0.3) is 0 Å². The maximum atomic E-state index is 3.76. The summed E-state index contributed by atoms with van der Waals surface area (Å²) in [5.74, 6) is 0. The van der Waals surface area contributed by atoms with Gasteiger partial charge in [0.15, 0.2) is 0 Å². The fraction of sp³-hybridized carbons (Fsp3) is 1.00. The van der Waals surface area contributed by atoms with Gasteiger partial charge in [0, 0.05) is 11.1 Å². The van der Waals surface area contributed by atoms with Crippen molar-refractivity contribution < 1.29 is 0 Å². The van der Waals surface area contributed by atoms with Gasteiger partial charge < -0.3 is 5.32 Å². The highest BCUT2D eigenvalue weighted by atomic mass is 15.1. The average Bonchev–Trinajstić information content (AvgIpc) is 1.98. The Balaban J connectivity index is 2.90. The van der Waals surface area contributed by atoms with Crippen LogP contribution in [0.2, 0.25) is 0 Å². The van der Waals surface area contributed by atoms with Crippen LogP contribution in [0.3, 0.4) is 0 Å². The largest absolute Gasteiger partial charge is 0.307 e. The Labute approximate surface area is 89.7 Å². The van der Waals surface area contributed by atoms with Crippen molar-refractivity contribution in [1.29, 1.82) is 0 Å². The van der Waals surface area contributed by atoms with Gasteiger partial charge in [0.05, 0.1) is 0 Å². The van der Waals surface area contributed by atoms with Gasteiger partial charge >= 0.3 is 0 Å². The van der Waals surface area contributed by atoms with Crippen LogP contribution in [0.5, 0.6) is 0 Å². The maximum Gasteiger partial charge on any atom is 0.0135 e. The summed E-state index contributed by atoms with van der Waals surface area (Å²) in [6, 6.07) is 0. The van der Waals surface area contributed by atoms with Crippen molar-refractivity contribution in [3.05, 3.63) is 0 Å². The zero-order chi connectivity index (χ0) is 11.0. The molecule has 14 heavy (non-hydrogen) atoms. The summed E-state index contributed by atoms with van der Waals surface area (Å²) in [5.41, 5.74) is 1.17. The van der Waals surface area contributed by atoms with Crippen molar-refractivity contribution in [2.24, 2.45) is 5.41 Å². The van der Waals surface area contributed by atoms with Crippen molar-refractivity contribution in [1.82, 2.24) is 5.32 Å². The topological polar surface area (TPSA) is 12.0 Å². The van der Waals surface area contributed by atoms with E-state index in [2.05, 4.69) is 46.9 Å². The molecule has 1 aliphatic heterocycles. The second-order valence-corrected chi connectivity index (χ2v) is 6.45. The molecule has 84 valence electrons. The van der Waals surface area contributed by atoms with Crippen molar-refractivity contribution in [2.75, 3.05) is 0 Å². The van der Waals surface area contributed by atoms with E-state index in [1.807, 2.05) is 0 Å². The third kappa shape index (κ3) is 2.50. The molecule has 0 aromatic rings. The summed E-state index contributed by atoms with van der Waals surface area (Å²) in [4.78, 5) is 0. The van der Waals surface area contributed by atoms with Gasteiger partial charge in [-0.3, -0.25) is 0 Å². The van der Waals surface area contributed by atoms with Gasteiger partial charge in [0.2, 0.25) is 0 Å². The van der Waals surface area contributed by atoms with Crippen LogP contribution < -0.4 is 5.32 Å². The summed E-state index contributed by atoms with van der Waals surface area (Å²) in [5, 5.41) is 3.76. The first-order valence-corrected chi connectivity index (χ1v) is 6.04. The fourth-order valence-electron chi connectivity index (χ4n) is 3.69. The molecule has 1 fully saturated rings. The number of rotatable bonds is 2. The number of piperidine rings is 1. The van der Waals surface area contributed by atoms with E-state index < -0.39 is 0 Å². The highest BCUT2D eigenvalue weighted by Gasteiger charge is 2.44. The first-order chi connectivity index (χ1) is 6.24. The maximum absolute atomic E-state index is 3.76. The van der Waals surface area contributed by atoms with Crippen molar-refractivity contribution in [3.63, 3.8) is 0 Å². The summed E-state index contributed by atoms with van der Waals surface area (Å²) in [6.07, 6.45) is 5.27. The van der Waals surface area contributed by atoms with Crippen molar-refractivity contribution in [3.8, 4) is 0 Å². The molecule has 0 aromatic carbocycles. The van der Waals surface area contributed by atoms with Crippen LogP contribution in [-0.2, 0) is 0 Å². The van der Waals surface area contributed by atoms with E-state index in [-0.39, 0.29) is 0 Å². The lowest BCUT2D eigenvalue weighted by Crippen LogP contribution is -2.60. The minimum Gasteiger partial charge on any atom is -0.307 e. The fourth-order valence-corrected chi connectivity index (χ4v) is 3.69. The molecule has 0 unspecified atom stereocenters. The molecule has 0 atom stereocenters. The molecule has 1 heterocycles. The SMILES string of the molecule is CCC1(CC)CC(C)(C)NC(C)(C)C1. The zero-order valence-corrected chi connectivity index (χ0v) is 10.8. The molecular formula is C13H27N. The minimum absolute atomic E-state index is 0.299. The van der Waals surface area contributed by atoms with Gasteiger partial charge in [-0.05, 0) is 46.0 Å². The van der Waals surface area contributed by atoms with Gasteiger partial charge in [-0.1, -0.05) is 26.7 Å². The minimum atomic E-state index is 0.299. The lowest BCUT2D eigenvalue weighted by Gasteiger charge is -2.53. The van der Waals surface area contributed by atoms with E-state index in [0.717, 1.165) is 0 Å². The molecule has 0 bridgehead atoms. The molecule has 1 nitrogen and oxygen atoms in total. The highest BCUT2D eigenvalue weighted by molar-refractivity contribution is 5.02. The Hall–Kier alpha value is -0.0400. The summed E-state index contributed by atoms with van der Waals surface area (Å²) in [6.45, 7) is 14.1. The Morgan fingerprint density at radius 2 is 1.21 bits per heavy atom. The van der Waals surface area contributed by atoms with Crippen LogP contribution in [0.25, 0.3) is 0 Å². The summed E-state index contributed by atoms with van der Waals surface area (Å²) in [7, 11) is 0. The number of hydrogen-bond acceptors (Lipinski definition) is 1. The summed E-state index contributed by atoms with van der Waals surface area (Å²) < 4.78 is 0. The number of nitrogens with one attached hydrogen (secondary N) is 1. The van der Waals surface area contributed by atoms with Gasteiger partial charge in [-0.15, -0.1) is 0 Å². The Morgan fingerprint density at radius 1 is 0.857 bits per heavy atom. The molecule has 0 saturated carbocycles. The van der Waals surface area contributed by atoms with E-state index in [1.54, 1.807) is 0 Å². The van der Waals surface area contributed by atoms with Crippen molar-refractivity contribution >= 4 is 0 Å². The molecule has 0 amide bonds. The second-order valence-electron chi connectivity index (χ2n) is 6.45. The van der Waals surface area contributed by atoms with Crippen LogP contribution in [0.4, 0.5) is 0 Å². The first-order valence-electron chi connectivity index (χ1n) is 6.04.